The smallest absolute Gasteiger partial charge is 0.0810 e. The fourth-order valence-corrected chi connectivity index (χ4v) is 1.96. The lowest BCUT2D eigenvalue weighted by Crippen LogP contribution is -1.86. The summed E-state index contributed by atoms with van der Waals surface area (Å²) in [6, 6.07) is 0. The number of epoxide rings is 1. The molecular formula is C13H26O2. The van der Waals surface area contributed by atoms with Crippen LogP contribution < -0.4 is 0 Å². The molecular weight excluding hydrogens is 188 g/mol. The lowest BCUT2D eigenvalue weighted by Gasteiger charge is -2.01. The highest BCUT2D eigenvalue weighted by Crippen LogP contribution is 2.18. The molecule has 1 atom stereocenters. The van der Waals surface area contributed by atoms with E-state index in [1.807, 2.05) is 0 Å². The Labute approximate surface area is 94.0 Å². The summed E-state index contributed by atoms with van der Waals surface area (Å²) in [6.07, 6.45) is 13.7. The van der Waals surface area contributed by atoms with Crippen molar-refractivity contribution in [2.24, 2.45) is 0 Å². The maximum atomic E-state index is 8.61. The maximum Gasteiger partial charge on any atom is 0.0810 e. The highest BCUT2D eigenvalue weighted by molar-refractivity contribution is 4.68. The second-order valence-corrected chi connectivity index (χ2v) is 4.65. The lowest BCUT2D eigenvalue weighted by atomic mass is 10.1. The first kappa shape index (κ1) is 13.0. The van der Waals surface area contributed by atoms with E-state index in [-0.39, 0.29) is 0 Å². The second-order valence-electron chi connectivity index (χ2n) is 4.65. The van der Waals surface area contributed by atoms with E-state index in [4.69, 9.17) is 9.84 Å². The van der Waals surface area contributed by atoms with E-state index in [9.17, 15) is 0 Å². The minimum absolute atomic E-state index is 0.364. The van der Waals surface area contributed by atoms with E-state index in [1.165, 1.54) is 57.8 Å². The zero-order valence-electron chi connectivity index (χ0n) is 9.92. The number of rotatable bonds is 11. The van der Waals surface area contributed by atoms with Crippen LogP contribution in [0.25, 0.3) is 0 Å². The SMILES string of the molecule is OCCCCCCCCCCCC1CO1. The van der Waals surface area contributed by atoms with Crippen LogP contribution in [0.4, 0.5) is 0 Å². The first-order valence-corrected chi connectivity index (χ1v) is 6.66. The number of unbranched alkanes of at least 4 members (excludes halogenated alkanes) is 8. The van der Waals surface area contributed by atoms with Crippen LogP contribution in [0, 0.1) is 0 Å². The Bertz CT molecular complexity index is 132. The molecule has 0 aromatic rings. The zero-order chi connectivity index (χ0) is 10.8. The summed E-state index contributed by atoms with van der Waals surface area (Å²) in [7, 11) is 0. The highest BCUT2D eigenvalue weighted by atomic mass is 16.6. The van der Waals surface area contributed by atoms with Gasteiger partial charge in [-0.25, -0.2) is 0 Å². The highest BCUT2D eigenvalue weighted by Gasteiger charge is 2.20. The van der Waals surface area contributed by atoms with Crippen molar-refractivity contribution >= 4 is 0 Å². The van der Waals surface area contributed by atoms with E-state index >= 15 is 0 Å². The molecule has 0 bridgehead atoms. The van der Waals surface area contributed by atoms with Crippen LogP contribution in [-0.2, 0) is 4.74 Å². The van der Waals surface area contributed by atoms with Crippen LogP contribution >= 0.6 is 0 Å². The van der Waals surface area contributed by atoms with Crippen molar-refractivity contribution in [3.8, 4) is 0 Å². The number of ether oxygens (including phenoxy) is 1. The average Bonchev–Trinajstić information content (AvgIpc) is 3.05. The molecule has 0 amide bonds. The van der Waals surface area contributed by atoms with Crippen molar-refractivity contribution in [1.82, 2.24) is 0 Å². The molecule has 0 spiro atoms. The van der Waals surface area contributed by atoms with E-state index in [1.54, 1.807) is 0 Å². The van der Waals surface area contributed by atoms with Gasteiger partial charge in [0.25, 0.3) is 0 Å². The predicted molar refractivity (Wildman–Crippen MR) is 63.0 cm³/mol. The molecule has 1 aliphatic rings. The third-order valence-corrected chi connectivity index (χ3v) is 3.09. The van der Waals surface area contributed by atoms with E-state index in [2.05, 4.69) is 0 Å². The molecule has 2 nitrogen and oxygen atoms in total. The quantitative estimate of drug-likeness (QED) is 0.423. The van der Waals surface area contributed by atoms with Crippen molar-refractivity contribution in [2.75, 3.05) is 13.2 Å². The Morgan fingerprint density at radius 3 is 1.73 bits per heavy atom. The van der Waals surface area contributed by atoms with Gasteiger partial charge >= 0.3 is 0 Å². The van der Waals surface area contributed by atoms with Gasteiger partial charge in [0.05, 0.1) is 12.7 Å². The third kappa shape index (κ3) is 8.88. The summed E-state index contributed by atoms with van der Waals surface area (Å²) in [6.45, 7) is 1.38. The van der Waals surface area contributed by atoms with Crippen LogP contribution in [0.5, 0.6) is 0 Å². The lowest BCUT2D eigenvalue weighted by molar-refractivity contribution is 0.282. The molecule has 1 aliphatic heterocycles. The predicted octanol–water partition coefficient (Wildman–Crippen LogP) is 3.28. The fraction of sp³-hybridized carbons (Fsp3) is 1.00. The van der Waals surface area contributed by atoms with Gasteiger partial charge in [-0.15, -0.1) is 0 Å². The molecule has 0 aliphatic carbocycles. The van der Waals surface area contributed by atoms with Crippen LogP contribution in [-0.4, -0.2) is 24.4 Å². The first-order chi connectivity index (χ1) is 7.43. The molecule has 2 heteroatoms. The monoisotopic (exact) mass is 214 g/mol. The molecule has 1 saturated heterocycles. The Kier molecular flexibility index (Phi) is 7.94. The maximum absolute atomic E-state index is 8.61. The fourth-order valence-electron chi connectivity index (χ4n) is 1.96. The van der Waals surface area contributed by atoms with Gasteiger partial charge in [-0.2, -0.15) is 0 Å². The van der Waals surface area contributed by atoms with E-state index in [0.717, 1.165) is 13.0 Å². The summed E-state index contributed by atoms with van der Waals surface area (Å²) in [4.78, 5) is 0. The van der Waals surface area contributed by atoms with Crippen molar-refractivity contribution < 1.29 is 9.84 Å². The van der Waals surface area contributed by atoms with E-state index < -0.39 is 0 Å². The molecule has 1 heterocycles. The molecule has 1 fully saturated rings. The largest absolute Gasteiger partial charge is 0.396 e. The van der Waals surface area contributed by atoms with Crippen molar-refractivity contribution in [3.05, 3.63) is 0 Å². The molecule has 0 saturated carbocycles. The van der Waals surface area contributed by atoms with Gasteiger partial charge < -0.3 is 9.84 Å². The Balaban J connectivity index is 1.62. The van der Waals surface area contributed by atoms with Gasteiger partial charge in [0, 0.05) is 6.61 Å². The minimum Gasteiger partial charge on any atom is -0.396 e. The molecule has 0 aromatic carbocycles. The number of hydrogen-bond donors (Lipinski definition) is 1. The standard InChI is InChI=1S/C13H26O2/c14-11-9-7-5-3-1-2-4-6-8-10-13-12-15-13/h13-14H,1-12H2. The van der Waals surface area contributed by atoms with Gasteiger partial charge in [-0.1, -0.05) is 51.4 Å². The number of hydrogen-bond acceptors (Lipinski definition) is 2. The topological polar surface area (TPSA) is 32.8 Å². The summed E-state index contributed by atoms with van der Waals surface area (Å²) in [5, 5.41) is 8.61. The van der Waals surface area contributed by atoms with Gasteiger partial charge in [-0.05, 0) is 12.8 Å². The summed E-state index contributed by atoms with van der Waals surface area (Å²) >= 11 is 0. The average molecular weight is 214 g/mol. The minimum atomic E-state index is 0.364. The van der Waals surface area contributed by atoms with Crippen molar-refractivity contribution in [1.29, 1.82) is 0 Å². The summed E-state index contributed by atoms with van der Waals surface area (Å²) in [5.74, 6) is 0. The first-order valence-electron chi connectivity index (χ1n) is 6.66. The van der Waals surface area contributed by atoms with Crippen LogP contribution in [0.15, 0.2) is 0 Å². The number of aliphatic hydroxyl groups excluding tert-OH is 1. The van der Waals surface area contributed by atoms with Gasteiger partial charge in [0.2, 0.25) is 0 Å². The van der Waals surface area contributed by atoms with Gasteiger partial charge in [0.1, 0.15) is 0 Å². The van der Waals surface area contributed by atoms with Gasteiger partial charge in [0.15, 0.2) is 0 Å². The molecule has 0 radical (unpaired) electrons. The van der Waals surface area contributed by atoms with Crippen LogP contribution in [0.2, 0.25) is 0 Å². The summed E-state index contributed by atoms with van der Waals surface area (Å²) < 4.78 is 5.17. The Morgan fingerprint density at radius 2 is 1.27 bits per heavy atom. The molecule has 90 valence electrons. The van der Waals surface area contributed by atoms with Crippen molar-refractivity contribution in [2.45, 2.75) is 70.3 Å². The Morgan fingerprint density at radius 1 is 0.800 bits per heavy atom. The molecule has 1 unspecified atom stereocenters. The number of aliphatic hydroxyl groups is 1. The van der Waals surface area contributed by atoms with Crippen molar-refractivity contribution in [3.63, 3.8) is 0 Å². The van der Waals surface area contributed by atoms with Crippen LogP contribution in [0.3, 0.4) is 0 Å². The zero-order valence-corrected chi connectivity index (χ0v) is 9.92. The normalized spacial score (nSPS) is 19.4. The van der Waals surface area contributed by atoms with E-state index in [0.29, 0.717) is 12.7 Å². The molecule has 0 aromatic heterocycles. The molecule has 15 heavy (non-hydrogen) atoms. The van der Waals surface area contributed by atoms with Gasteiger partial charge in [-0.3, -0.25) is 0 Å². The third-order valence-electron chi connectivity index (χ3n) is 3.09. The van der Waals surface area contributed by atoms with Crippen LogP contribution in [0.1, 0.15) is 64.2 Å². The summed E-state index contributed by atoms with van der Waals surface area (Å²) in [5.41, 5.74) is 0. The molecule has 1 N–H and O–H groups in total. The molecule has 1 rings (SSSR count). The second kappa shape index (κ2) is 9.17. The Hall–Kier alpha value is -0.0800.